The predicted octanol–water partition coefficient (Wildman–Crippen LogP) is 6.01. The number of aliphatic hydroxyl groups is 1. The number of benzene rings is 4. The molecule has 0 aliphatic carbocycles. The molecule has 4 aromatic rings. The maximum atomic E-state index is 13.2. The van der Waals surface area contributed by atoms with E-state index in [-0.39, 0.29) is 0 Å². The van der Waals surface area contributed by atoms with Gasteiger partial charge in [-0.15, -0.1) is 0 Å². The van der Waals surface area contributed by atoms with Gasteiger partial charge in [0, 0.05) is 0 Å². The number of aryl methyl sites for hydroxylation is 1. The van der Waals surface area contributed by atoms with E-state index in [0.29, 0.717) is 46.4 Å². The quantitative estimate of drug-likeness (QED) is 0.195. The van der Waals surface area contributed by atoms with Crippen molar-refractivity contribution in [3.05, 3.63) is 130 Å². The van der Waals surface area contributed by atoms with Gasteiger partial charge in [-0.25, -0.2) is 5.43 Å². The fourth-order valence-electron chi connectivity index (χ4n) is 4.02. The first-order valence-corrected chi connectivity index (χ1v) is 12.6. The molecule has 0 unspecified atom stereocenters. The van der Waals surface area contributed by atoms with E-state index in [9.17, 15) is 9.90 Å². The van der Waals surface area contributed by atoms with Gasteiger partial charge in [0.15, 0.2) is 17.1 Å². The van der Waals surface area contributed by atoms with E-state index >= 15 is 0 Å². The van der Waals surface area contributed by atoms with E-state index in [1.54, 1.807) is 60.7 Å². The zero-order chi connectivity index (χ0) is 27.0. The van der Waals surface area contributed by atoms with Crippen LogP contribution in [0, 0.1) is 6.92 Å². The molecular formula is C31H29ClN2O4. The van der Waals surface area contributed by atoms with Crippen molar-refractivity contribution in [2.45, 2.75) is 26.1 Å². The normalized spacial score (nSPS) is 11.4. The first-order chi connectivity index (χ1) is 18.4. The number of nitrogens with one attached hydrogen (secondary N) is 1. The predicted molar refractivity (Wildman–Crippen MR) is 150 cm³/mol. The van der Waals surface area contributed by atoms with Crippen molar-refractivity contribution in [2.75, 3.05) is 6.61 Å². The number of hydrogen-bond donors (Lipinski definition) is 2. The molecule has 0 atom stereocenters. The third-order valence-electron chi connectivity index (χ3n) is 6.06. The Morgan fingerprint density at radius 3 is 2.16 bits per heavy atom. The zero-order valence-corrected chi connectivity index (χ0v) is 22.0. The van der Waals surface area contributed by atoms with Crippen LogP contribution in [-0.2, 0) is 17.0 Å². The molecule has 4 rings (SSSR count). The van der Waals surface area contributed by atoms with Crippen LogP contribution in [0.5, 0.6) is 11.5 Å². The minimum Gasteiger partial charge on any atom is -0.490 e. The first kappa shape index (κ1) is 26.9. The van der Waals surface area contributed by atoms with Crippen LogP contribution in [-0.4, -0.2) is 23.8 Å². The molecule has 194 valence electrons. The number of carbonyl (C=O) groups is 1. The molecule has 0 aliphatic rings. The van der Waals surface area contributed by atoms with Crippen LogP contribution in [0.3, 0.4) is 0 Å². The lowest BCUT2D eigenvalue weighted by Crippen LogP contribution is -2.43. The number of ether oxygens (including phenoxy) is 2. The van der Waals surface area contributed by atoms with Crippen LogP contribution in [0.1, 0.15) is 34.7 Å². The summed E-state index contributed by atoms with van der Waals surface area (Å²) in [6.45, 7) is 4.64. The maximum Gasteiger partial charge on any atom is 0.281 e. The van der Waals surface area contributed by atoms with Crippen LogP contribution in [0.25, 0.3) is 0 Å². The van der Waals surface area contributed by atoms with Gasteiger partial charge in [0.2, 0.25) is 0 Å². The number of hydrazone groups is 1. The van der Waals surface area contributed by atoms with Crippen molar-refractivity contribution < 1.29 is 19.4 Å². The van der Waals surface area contributed by atoms with E-state index in [0.717, 1.165) is 11.1 Å². The van der Waals surface area contributed by atoms with Crippen molar-refractivity contribution in [1.82, 2.24) is 5.43 Å². The number of rotatable bonds is 10. The van der Waals surface area contributed by atoms with Crippen LogP contribution >= 0.6 is 11.6 Å². The molecule has 38 heavy (non-hydrogen) atoms. The van der Waals surface area contributed by atoms with E-state index in [2.05, 4.69) is 10.5 Å². The third-order valence-corrected chi connectivity index (χ3v) is 6.34. The molecule has 0 aliphatic heterocycles. The molecule has 7 heteroatoms. The van der Waals surface area contributed by atoms with Gasteiger partial charge in [0.1, 0.15) is 6.61 Å². The molecule has 0 bridgehead atoms. The average molecular weight is 529 g/mol. The van der Waals surface area contributed by atoms with E-state index < -0.39 is 11.5 Å². The molecule has 0 radical (unpaired) electrons. The lowest BCUT2D eigenvalue weighted by molar-refractivity contribution is -0.136. The highest BCUT2D eigenvalue weighted by Crippen LogP contribution is 2.37. The molecule has 0 spiro atoms. The molecule has 1 amide bonds. The number of halogens is 1. The van der Waals surface area contributed by atoms with Crippen molar-refractivity contribution in [3.8, 4) is 11.5 Å². The van der Waals surface area contributed by atoms with Crippen LogP contribution in [0.4, 0.5) is 0 Å². The molecule has 2 N–H and O–H groups in total. The summed E-state index contributed by atoms with van der Waals surface area (Å²) in [5.41, 5.74) is 4.15. The van der Waals surface area contributed by atoms with Gasteiger partial charge in [-0.1, -0.05) is 96.5 Å². The topological polar surface area (TPSA) is 80.2 Å². The third kappa shape index (κ3) is 6.05. The summed E-state index contributed by atoms with van der Waals surface area (Å²) in [7, 11) is 0. The summed E-state index contributed by atoms with van der Waals surface area (Å²) in [6.07, 6.45) is 1.44. The van der Waals surface area contributed by atoms with Gasteiger partial charge in [-0.2, -0.15) is 5.10 Å². The van der Waals surface area contributed by atoms with Gasteiger partial charge in [-0.3, -0.25) is 4.79 Å². The van der Waals surface area contributed by atoms with E-state index in [4.69, 9.17) is 21.1 Å². The fourth-order valence-corrected chi connectivity index (χ4v) is 4.30. The Labute approximate surface area is 227 Å². The van der Waals surface area contributed by atoms with Crippen molar-refractivity contribution >= 4 is 23.7 Å². The maximum absolute atomic E-state index is 13.2. The second-order valence-electron chi connectivity index (χ2n) is 8.62. The molecular weight excluding hydrogens is 500 g/mol. The molecule has 4 aromatic carbocycles. The summed E-state index contributed by atoms with van der Waals surface area (Å²) in [5.74, 6) is 0.201. The largest absolute Gasteiger partial charge is 0.490 e. The molecule has 0 heterocycles. The summed E-state index contributed by atoms with van der Waals surface area (Å²) in [6, 6.07) is 28.8. The van der Waals surface area contributed by atoms with Crippen LogP contribution < -0.4 is 14.9 Å². The van der Waals surface area contributed by atoms with Crippen molar-refractivity contribution in [2.24, 2.45) is 5.10 Å². The highest BCUT2D eigenvalue weighted by Gasteiger charge is 2.39. The Kier molecular flexibility index (Phi) is 8.79. The molecule has 0 aromatic heterocycles. The zero-order valence-electron chi connectivity index (χ0n) is 21.2. The summed E-state index contributed by atoms with van der Waals surface area (Å²) in [5, 5.41) is 16.0. The number of carbonyl (C=O) groups excluding carboxylic acids is 1. The van der Waals surface area contributed by atoms with E-state index in [1.807, 2.05) is 50.2 Å². The summed E-state index contributed by atoms with van der Waals surface area (Å²) in [4.78, 5) is 13.2. The lowest BCUT2D eigenvalue weighted by atomic mass is 9.85. The standard InChI is InChI=1S/C31H29ClN2O4/c1-3-37-28-19-23(18-27(32)29(28)38-21-24-13-11-10-12-22(24)2)20-33-34-30(35)31(36,25-14-6-4-7-15-25)26-16-8-5-9-17-26/h4-20,36H,3,21H2,1-2H3,(H,34,35)/b33-20-. The summed E-state index contributed by atoms with van der Waals surface area (Å²) < 4.78 is 11.8. The van der Waals surface area contributed by atoms with Crippen molar-refractivity contribution in [3.63, 3.8) is 0 Å². The van der Waals surface area contributed by atoms with Gasteiger partial charge in [0.25, 0.3) is 5.91 Å². The summed E-state index contributed by atoms with van der Waals surface area (Å²) >= 11 is 6.56. The molecule has 6 nitrogen and oxygen atoms in total. The van der Waals surface area contributed by atoms with Gasteiger partial charge < -0.3 is 14.6 Å². The Balaban J connectivity index is 1.55. The molecule has 0 fully saturated rings. The minimum atomic E-state index is -1.93. The minimum absolute atomic E-state index is 0.341. The Morgan fingerprint density at radius 1 is 0.947 bits per heavy atom. The monoisotopic (exact) mass is 528 g/mol. The van der Waals surface area contributed by atoms with Crippen molar-refractivity contribution in [1.29, 1.82) is 0 Å². The first-order valence-electron chi connectivity index (χ1n) is 12.2. The number of hydrogen-bond acceptors (Lipinski definition) is 5. The van der Waals surface area contributed by atoms with Crippen LogP contribution in [0.15, 0.2) is 102 Å². The van der Waals surface area contributed by atoms with Gasteiger partial charge in [-0.05, 0) is 53.8 Å². The van der Waals surface area contributed by atoms with Gasteiger partial charge >= 0.3 is 0 Å². The molecule has 0 saturated carbocycles. The Morgan fingerprint density at radius 2 is 1.55 bits per heavy atom. The highest BCUT2D eigenvalue weighted by molar-refractivity contribution is 6.32. The smallest absolute Gasteiger partial charge is 0.281 e. The Bertz CT molecular complexity index is 1370. The lowest BCUT2D eigenvalue weighted by Gasteiger charge is -2.27. The second kappa shape index (κ2) is 12.4. The van der Waals surface area contributed by atoms with Crippen LogP contribution in [0.2, 0.25) is 5.02 Å². The molecule has 0 saturated heterocycles. The number of amides is 1. The fraction of sp³-hybridized carbons (Fsp3) is 0.161. The average Bonchev–Trinajstić information content (AvgIpc) is 2.94. The SMILES string of the molecule is CCOc1cc(/C=N\NC(=O)C(O)(c2ccccc2)c2ccccc2)cc(Cl)c1OCc1ccccc1C. The van der Waals surface area contributed by atoms with E-state index in [1.165, 1.54) is 6.21 Å². The van der Waals surface area contributed by atoms with Gasteiger partial charge in [0.05, 0.1) is 17.8 Å². The second-order valence-corrected chi connectivity index (χ2v) is 9.03. The Hall–Kier alpha value is -4.13. The highest BCUT2D eigenvalue weighted by atomic mass is 35.5. The number of nitrogens with zero attached hydrogens (tertiary/aromatic N) is 1.